The maximum Gasteiger partial charge on any atom is 0.356 e. The van der Waals surface area contributed by atoms with Crippen LogP contribution in [0.1, 0.15) is 22.8 Å². The number of hydrogen-bond donors (Lipinski definition) is 2. The van der Waals surface area contributed by atoms with E-state index in [0.29, 0.717) is 12.1 Å². The maximum atomic E-state index is 12.0. The second-order valence-corrected chi connectivity index (χ2v) is 4.70. The fourth-order valence-corrected chi connectivity index (χ4v) is 2.03. The van der Waals surface area contributed by atoms with Gasteiger partial charge in [-0.15, -0.1) is 0 Å². The van der Waals surface area contributed by atoms with E-state index in [1.807, 2.05) is 17.9 Å². The lowest BCUT2D eigenvalue weighted by Crippen LogP contribution is -2.28. The van der Waals surface area contributed by atoms with E-state index >= 15 is 0 Å². The molecule has 0 aliphatic carbocycles. The van der Waals surface area contributed by atoms with Crippen molar-refractivity contribution in [2.45, 2.75) is 13.8 Å². The molecule has 1 rings (SSSR count). The number of hydrogen-bond acceptors (Lipinski definition) is 5. The molecule has 7 heteroatoms. The first kappa shape index (κ1) is 18.0. The molecule has 0 radical (unpaired) electrons. The van der Waals surface area contributed by atoms with Gasteiger partial charge < -0.3 is 14.8 Å². The Morgan fingerprint density at radius 2 is 2.18 bits per heavy atom. The molecule has 0 aliphatic rings. The smallest absolute Gasteiger partial charge is 0.356 e. The Morgan fingerprint density at radius 1 is 1.45 bits per heavy atom. The van der Waals surface area contributed by atoms with Gasteiger partial charge in [0.2, 0.25) is 0 Å². The lowest BCUT2D eigenvalue weighted by atomic mass is 10.1. The number of anilines is 1. The standard InChI is InChI=1S/C15H19ClN2O4/c1-3-18(8-9-19)12-4-5-13(11(2)10-12)15(21)17-22-14(20)6-7-16/h4-7,10,19H,3,8-9H2,1-2H3,(H,17,21). The lowest BCUT2D eigenvalue weighted by molar-refractivity contribution is -0.142. The van der Waals surface area contributed by atoms with Gasteiger partial charge in [-0.05, 0) is 37.6 Å². The summed E-state index contributed by atoms with van der Waals surface area (Å²) in [6.07, 6.45) is 0.978. The van der Waals surface area contributed by atoms with Gasteiger partial charge in [-0.3, -0.25) is 4.79 Å². The van der Waals surface area contributed by atoms with E-state index in [1.54, 1.807) is 19.1 Å². The van der Waals surface area contributed by atoms with Crippen LogP contribution >= 0.6 is 11.6 Å². The van der Waals surface area contributed by atoms with Crippen LogP contribution in [0.5, 0.6) is 0 Å². The van der Waals surface area contributed by atoms with E-state index in [1.165, 1.54) is 0 Å². The summed E-state index contributed by atoms with van der Waals surface area (Å²) in [7, 11) is 0. The van der Waals surface area contributed by atoms with Crippen LogP contribution in [0.3, 0.4) is 0 Å². The third kappa shape index (κ3) is 5.05. The van der Waals surface area contributed by atoms with Crippen LogP contribution in [0.4, 0.5) is 5.69 Å². The van der Waals surface area contributed by atoms with Crippen LogP contribution in [-0.4, -0.2) is 36.7 Å². The molecule has 2 N–H and O–H groups in total. The van der Waals surface area contributed by atoms with Crippen LogP contribution in [0.2, 0.25) is 0 Å². The first-order valence-electron chi connectivity index (χ1n) is 6.77. The topological polar surface area (TPSA) is 78.9 Å². The van der Waals surface area contributed by atoms with Gasteiger partial charge in [0.15, 0.2) is 0 Å². The number of rotatable bonds is 6. The van der Waals surface area contributed by atoms with Gasteiger partial charge in [0.25, 0.3) is 5.91 Å². The predicted molar refractivity (Wildman–Crippen MR) is 84.7 cm³/mol. The first-order chi connectivity index (χ1) is 10.5. The average molecular weight is 327 g/mol. The molecule has 0 aromatic heterocycles. The lowest BCUT2D eigenvalue weighted by Gasteiger charge is -2.22. The van der Waals surface area contributed by atoms with Crippen molar-refractivity contribution < 1.29 is 19.5 Å². The summed E-state index contributed by atoms with van der Waals surface area (Å²) in [5.41, 5.74) is 5.09. The summed E-state index contributed by atoms with van der Waals surface area (Å²) in [6.45, 7) is 5.08. The zero-order valence-corrected chi connectivity index (χ0v) is 13.3. The Balaban J connectivity index is 2.80. The number of nitrogens with one attached hydrogen (secondary N) is 1. The summed E-state index contributed by atoms with van der Waals surface area (Å²) < 4.78 is 0. The number of aliphatic hydroxyl groups excluding tert-OH is 1. The molecule has 0 heterocycles. The predicted octanol–water partition coefficient (Wildman–Crippen LogP) is 1.75. The van der Waals surface area contributed by atoms with Crippen molar-refractivity contribution in [3.05, 3.63) is 40.9 Å². The number of nitrogens with zero attached hydrogens (tertiary/aromatic N) is 1. The highest BCUT2D eigenvalue weighted by Gasteiger charge is 2.13. The van der Waals surface area contributed by atoms with E-state index in [0.717, 1.165) is 29.4 Å². The molecule has 22 heavy (non-hydrogen) atoms. The zero-order chi connectivity index (χ0) is 16.5. The molecule has 0 unspecified atom stereocenters. The van der Waals surface area contributed by atoms with Gasteiger partial charge >= 0.3 is 5.97 Å². The fraction of sp³-hybridized carbons (Fsp3) is 0.333. The normalized spacial score (nSPS) is 10.5. The minimum atomic E-state index is -0.766. The first-order valence-corrected chi connectivity index (χ1v) is 7.21. The minimum Gasteiger partial charge on any atom is -0.395 e. The number of likely N-dealkylation sites (N-methyl/N-ethyl adjacent to an activating group) is 1. The van der Waals surface area contributed by atoms with Crippen molar-refractivity contribution in [3.63, 3.8) is 0 Å². The molecule has 0 spiro atoms. The van der Waals surface area contributed by atoms with Gasteiger partial charge in [0, 0.05) is 36.0 Å². The molecule has 1 aromatic rings. The third-order valence-electron chi connectivity index (χ3n) is 3.01. The van der Waals surface area contributed by atoms with E-state index in [9.17, 15) is 9.59 Å². The van der Waals surface area contributed by atoms with Gasteiger partial charge in [-0.1, -0.05) is 11.6 Å². The minimum absolute atomic E-state index is 0.0547. The van der Waals surface area contributed by atoms with Crippen LogP contribution in [0.25, 0.3) is 0 Å². The molecule has 1 aromatic carbocycles. The van der Waals surface area contributed by atoms with E-state index in [-0.39, 0.29) is 6.61 Å². The molecule has 120 valence electrons. The number of hydroxylamine groups is 1. The molecule has 6 nitrogen and oxygen atoms in total. The van der Waals surface area contributed by atoms with Crippen LogP contribution in [0.15, 0.2) is 29.8 Å². The quantitative estimate of drug-likeness (QED) is 0.615. The summed E-state index contributed by atoms with van der Waals surface area (Å²) in [4.78, 5) is 29.6. The van der Waals surface area contributed by atoms with Crippen molar-refractivity contribution in [2.75, 3.05) is 24.6 Å². The van der Waals surface area contributed by atoms with Gasteiger partial charge in [0.05, 0.1) is 6.61 Å². The number of halogens is 1. The van der Waals surface area contributed by atoms with E-state index in [2.05, 4.69) is 10.3 Å². The molecular weight excluding hydrogens is 308 g/mol. The summed E-state index contributed by atoms with van der Waals surface area (Å²) in [5.74, 6) is -1.29. The fourth-order valence-electron chi connectivity index (χ4n) is 1.93. The highest BCUT2D eigenvalue weighted by molar-refractivity contribution is 6.26. The van der Waals surface area contributed by atoms with Crippen LogP contribution in [-0.2, 0) is 9.63 Å². The van der Waals surface area contributed by atoms with Crippen molar-refractivity contribution in [1.82, 2.24) is 5.48 Å². The Morgan fingerprint density at radius 3 is 2.73 bits per heavy atom. The highest BCUT2D eigenvalue weighted by atomic mass is 35.5. The molecule has 0 fully saturated rings. The molecule has 0 saturated carbocycles. The second-order valence-electron chi connectivity index (χ2n) is 4.45. The summed E-state index contributed by atoms with van der Waals surface area (Å²) in [5, 5.41) is 9.04. The van der Waals surface area contributed by atoms with Crippen LogP contribution < -0.4 is 10.4 Å². The van der Waals surface area contributed by atoms with Gasteiger partial charge in [-0.25, -0.2) is 4.79 Å². The average Bonchev–Trinajstić information content (AvgIpc) is 2.50. The van der Waals surface area contributed by atoms with Gasteiger partial charge in [0.1, 0.15) is 0 Å². The van der Waals surface area contributed by atoms with E-state index < -0.39 is 11.9 Å². The van der Waals surface area contributed by atoms with E-state index in [4.69, 9.17) is 16.7 Å². The number of aliphatic hydroxyl groups is 1. The number of benzene rings is 1. The van der Waals surface area contributed by atoms with Crippen molar-refractivity contribution in [3.8, 4) is 0 Å². The Kier molecular flexibility index (Phi) is 7.42. The molecular formula is C15H19ClN2O4. The SMILES string of the molecule is CCN(CCO)c1ccc(C(=O)NOC(=O)C=CCl)c(C)c1. The maximum absolute atomic E-state index is 12.0. The number of aryl methyl sites for hydroxylation is 1. The molecule has 1 amide bonds. The van der Waals surface area contributed by atoms with Crippen LogP contribution in [0, 0.1) is 6.92 Å². The summed E-state index contributed by atoms with van der Waals surface area (Å²) in [6, 6.07) is 5.27. The van der Waals surface area contributed by atoms with Crippen molar-refractivity contribution >= 4 is 29.2 Å². The monoisotopic (exact) mass is 326 g/mol. The molecule has 0 bridgehead atoms. The molecule has 0 saturated heterocycles. The zero-order valence-electron chi connectivity index (χ0n) is 12.5. The Bertz CT molecular complexity index is 560. The van der Waals surface area contributed by atoms with Crippen molar-refractivity contribution in [1.29, 1.82) is 0 Å². The van der Waals surface area contributed by atoms with Gasteiger partial charge in [-0.2, -0.15) is 5.48 Å². The summed E-state index contributed by atoms with van der Waals surface area (Å²) >= 11 is 5.22. The number of carbonyl (C=O) groups is 2. The Hall–Kier alpha value is -2.05. The Labute approximate surface area is 134 Å². The number of carbonyl (C=O) groups excluding carboxylic acids is 2. The second kappa shape index (κ2) is 9.07. The molecule has 0 atom stereocenters. The number of amides is 1. The highest BCUT2D eigenvalue weighted by Crippen LogP contribution is 2.19. The third-order valence-corrected chi connectivity index (χ3v) is 3.14. The largest absolute Gasteiger partial charge is 0.395 e. The van der Waals surface area contributed by atoms with Crippen molar-refractivity contribution in [2.24, 2.45) is 0 Å². The molecule has 0 aliphatic heterocycles.